The number of hydrogen-bond donors (Lipinski definition) is 1. The number of hydrogen-bond acceptors (Lipinski definition) is 6. The van der Waals surface area contributed by atoms with E-state index < -0.39 is 46.4 Å². The first-order valence-electron chi connectivity index (χ1n) is 8.60. The highest BCUT2D eigenvalue weighted by atomic mass is 35.5. The van der Waals surface area contributed by atoms with Crippen LogP contribution in [0.5, 0.6) is 0 Å². The van der Waals surface area contributed by atoms with Crippen molar-refractivity contribution in [3.63, 3.8) is 0 Å². The molecule has 1 saturated heterocycles. The van der Waals surface area contributed by atoms with Crippen LogP contribution in [0, 0.1) is 0 Å². The Morgan fingerprint density at radius 1 is 1.19 bits per heavy atom. The lowest BCUT2D eigenvalue weighted by molar-refractivity contribution is -0.152. The van der Waals surface area contributed by atoms with Crippen molar-refractivity contribution in [2.45, 2.75) is 17.1 Å². The van der Waals surface area contributed by atoms with Crippen molar-refractivity contribution in [2.24, 2.45) is 0 Å². The molecule has 0 amide bonds. The Kier molecular flexibility index (Phi) is 7.47. The zero-order valence-electron chi connectivity index (χ0n) is 15.4. The van der Waals surface area contributed by atoms with Gasteiger partial charge in [0.25, 0.3) is 10.0 Å². The van der Waals surface area contributed by atoms with E-state index in [0.29, 0.717) is 18.2 Å². The van der Waals surface area contributed by atoms with Crippen molar-refractivity contribution in [1.82, 2.24) is 5.06 Å². The fourth-order valence-corrected chi connectivity index (χ4v) is 4.81. The molecule has 1 fully saturated rings. The molecule has 0 spiro atoms. The molecule has 0 saturated carbocycles. The quantitative estimate of drug-likeness (QED) is 0.539. The SMILES string of the molecule is O=[PH+]ON1CCOCC1c1ccc(Cl)cc1NS(=O)(=O)c1ccc(Cl)c(C(F)(F)F)c1. The minimum atomic E-state index is -4.83. The van der Waals surface area contributed by atoms with Gasteiger partial charge in [-0.25, -0.2) is 8.42 Å². The topological polar surface area (TPSA) is 84.9 Å². The summed E-state index contributed by atoms with van der Waals surface area (Å²) in [5.41, 5.74) is -0.898. The number of hydroxylamine groups is 2. The molecule has 1 N–H and O–H groups in total. The molecule has 1 aliphatic heterocycles. The summed E-state index contributed by atoms with van der Waals surface area (Å²) in [5.74, 6) is 0. The summed E-state index contributed by atoms with van der Waals surface area (Å²) in [4.78, 5) is -0.635. The third kappa shape index (κ3) is 5.67. The lowest BCUT2D eigenvalue weighted by atomic mass is 10.0. The van der Waals surface area contributed by atoms with Crippen LogP contribution in [0.15, 0.2) is 41.3 Å². The molecule has 168 valence electrons. The van der Waals surface area contributed by atoms with Crippen molar-refractivity contribution in [3.05, 3.63) is 57.6 Å². The lowest BCUT2D eigenvalue weighted by Crippen LogP contribution is -2.38. The van der Waals surface area contributed by atoms with Gasteiger partial charge >= 0.3 is 14.9 Å². The molecule has 2 aromatic rings. The molecule has 1 aliphatic rings. The van der Waals surface area contributed by atoms with Crippen LogP contribution in [0.3, 0.4) is 0 Å². The predicted molar refractivity (Wildman–Crippen MR) is 109 cm³/mol. The van der Waals surface area contributed by atoms with Crippen LogP contribution < -0.4 is 4.72 Å². The first-order valence-corrected chi connectivity index (χ1v) is 11.7. The van der Waals surface area contributed by atoms with Crippen molar-refractivity contribution in [1.29, 1.82) is 0 Å². The molecule has 7 nitrogen and oxygen atoms in total. The van der Waals surface area contributed by atoms with E-state index in [1.54, 1.807) is 0 Å². The Labute approximate surface area is 187 Å². The number of halogens is 5. The van der Waals surface area contributed by atoms with Crippen molar-refractivity contribution in [3.8, 4) is 0 Å². The van der Waals surface area contributed by atoms with Crippen LogP contribution in [-0.2, 0) is 30.1 Å². The first kappa shape index (κ1) is 24.2. The standard InChI is InChI=1S/C17H15Cl2F3N2O5PS/c18-10-1-3-12(16-9-28-6-5-24(16)29-30-25)15(7-10)23-31(26,27)11-2-4-14(19)13(8-11)17(20,21)22/h1-4,7-8,16,23,30H,5-6,9H2/q+1. The maximum Gasteiger partial charge on any atom is 0.513 e. The van der Waals surface area contributed by atoms with Gasteiger partial charge in [0.15, 0.2) is 0 Å². The molecule has 0 radical (unpaired) electrons. The molecular weight excluding hydrogens is 503 g/mol. The Morgan fingerprint density at radius 3 is 2.61 bits per heavy atom. The summed E-state index contributed by atoms with van der Waals surface area (Å²) in [6.07, 6.45) is -4.83. The van der Waals surface area contributed by atoms with Crippen LogP contribution >= 0.6 is 31.9 Å². The average Bonchev–Trinajstić information content (AvgIpc) is 2.68. The molecule has 2 unspecified atom stereocenters. The van der Waals surface area contributed by atoms with E-state index >= 15 is 0 Å². The van der Waals surface area contributed by atoms with E-state index in [1.165, 1.54) is 23.3 Å². The highest BCUT2D eigenvalue weighted by molar-refractivity contribution is 7.92. The van der Waals surface area contributed by atoms with Crippen LogP contribution in [0.1, 0.15) is 17.2 Å². The number of sulfonamides is 1. The third-order valence-corrected chi connectivity index (χ3v) is 6.64. The number of morpholine rings is 1. The Hall–Kier alpha value is -1.46. The van der Waals surface area contributed by atoms with Crippen LogP contribution in [0.25, 0.3) is 0 Å². The van der Waals surface area contributed by atoms with Crippen molar-refractivity contribution >= 4 is 47.6 Å². The zero-order valence-corrected chi connectivity index (χ0v) is 18.8. The summed E-state index contributed by atoms with van der Waals surface area (Å²) in [7, 11) is -5.54. The second-order valence-electron chi connectivity index (χ2n) is 6.38. The van der Waals surface area contributed by atoms with Gasteiger partial charge in [-0.3, -0.25) is 4.72 Å². The molecule has 2 atom stereocenters. The second-order valence-corrected chi connectivity index (χ2v) is 9.26. The fraction of sp³-hybridized carbons (Fsp3) is 0.294. The van der Waals surface area contributed by atoms with Gasteiger partial charge in [-0.2, -0.15) is 13.2 Å². The highest BCUT2D eigenvalue weighted by Crippen LogP contribution is 2.37. The summed E-state index contributed by atoms with van der Waals surface area (Å²) < 4.78 is 88.9. The molecule has 31 heavy (non-hydrogen) atoms. The Bertz CT molecular complexity index is 1090. The van der Waals surface area contributed by atoms with E-state index in [2.05, 4.69) is 4.72 Å². The average molecular weight is 518 g/mol. The van der Waals surface area contributed by atoms with Gasteiger partial charge in [0.05, 0.1) is 47.0 Å². The minimum absolute atomic E-state index is 0.00865. The van der Waals surface area contributed by atoms with Crippen LogP contribution in [0.2, 0.25) is 10.0 Å². The van der Waals surface area contributed by atoms with Gasteiger partial charge in [0.2, 0.25) is 0 Å². The summed E-state index contributed by atoms with van der Waals surface area (Å²) in [6.45, 7) is 0.668. The molecule has 3 rings (SSSR count). The number of anilines is 1. The zero-order chi connectivity index (χ0) is 22.8. The monoisotopic (exact) mass is 517 g/mol. The van der Waals surface area contributed by atoms with Gasteiger partial charge in [0, 0.05) is 5.02 Å². The highest BCUT2D eigenvalue weighted by Gasteiger charge is 2.35. The smallest absolute Gasteiger partial charge is 0.378 e. The molecular formula is C17H15Cl2F3N2O5PS+. The summed E-state index contributed by atoms with van der Waals surface area (Å²) in [5, 5.41) is 0.934. The van der Waals surface area contributed by atoms with E-state index in [0.717, 1.165) is 12.1 Å². The molecule has 0 bridgehead atoms. The fourth-order valence-electron chi connectivity index (χ4n) is 2.99. The maximum absolute atomic E-state index is 13.1. The van der Waals surface area contributed by atoms with Crippen LogP contribution in [0.4, 0.5) is 18.9 Å². The lowest BCUT2D eigenvalue weighted by Gasteiger charge is -2.31. The Morgan fingerprint density at radius 2 is 1.94 bits per heavy atom. The van der Waals surface area contributed by atoms with Crippen LogP contribution in [-0.4, -0.2) is 33.2 Å². The van der Waals surface area contributed by atoms with Gasteiger partial charge < -0.3 is 4.74 Å². The number of benzene rings is 2. The second kappa shape index (κ2) is 9.58. The molecule has 0 aliphatic carbocycles. The molecule has 0 aromatic heterocycles. The molecule has 1 heterocycles. The normalized spacial score (nSPS) is 18.3. The first-order chi connectivity index (χ1) is 14.5. The van der Waals surface area contributed by atoms with Gasteiger partial charge in [-0.05, 0) is 45.1 Å². The van der Waals surface area contributed by atoms with Gasteiger partial charge in [-0.1, -0.05) is 29.3 Å². The van der Waals surface area contributed by atoms with E-state index in [9.17, 15) is 26.2 Å². The Balaban J connectivity index is 2.01. The largest absolute Gasteiger partial charge is 0.513 e. The van der Waals surface area contributed by atoms with Gasteiger partial charge in [0.1, 0.15) is 0 Å². The molecule has 14 heteroatoms. The van der Waals surface area contributed by atoms with E-state index in [-0.39, 0.29) is 23.9 Å². The third-order valence-electron chi connectivity index (χ3n) is 4.41. The predicted octanol–water partition coefficient (Wildman–Crippen LogP) is 5.06. The van der Waals surface area contributed by atoms with E-state index in [1.807, 2.05) is 0 Å². The van der Waals surface area contributed by atoms with E-state index in [4.69, 9.17) is 32.6 Å². The van der Waals surface area contributed by atoms with Crippen molar-refractivity contribution in [2.75, 3.05) is 24.5 Å². The number of ether oxygens (including phenoxy) is 1. The number of rotatable bonds is 6. The molecule has 2 aromatic carbocycles. The number of nitrogens with one attached hydrogen (secondary N) is 1. The summed E-state index contributed by atoms with van der Waals surface area (Å²) >= 11 is 11.6. The van der Waals surface area contributed by atoms with Crippen molar-refractivity contribution < 1.29 is 35.5 Å². The van der Waals surface area contributed by atoms with Gasteiger partial charge in [-0.15, -0.1) is 5.06 Å². The minimum Gasteiger partial charge on any atom is -0.378 e. The number of alkyl halides is 3. The summed E-state index contributed by atoms with van der Waals surface area (Å²) in [6, 6.07) is 5.96. The maximum atomic E-state index is 13.1. The number of nitrogens with zero attached hydrogens (tertiary/aromatic N) is 1.